The maximum absolute atomic E-state index is 12.8. The van der Waals surface area contributed by atoms with Gasteiger partial charge in [-0.2, -0.15) is 0 Å². The molecular formula is C23H26N2O5. The summed E-state index contributed by atoms with van der Waals surface area (Å²) >= 11 is 0. The lowest BCUT2D eigenvalue weighted by molar-refractivity contribution is -0.124. The van der Waals surface area contributed by atoms with Crippen LogP contribution in [-0.2, 0) is 4.79 Å². The van der Waals surface area contributed by atoms with Crippen LogP contribution in [0, 0.1) is 13.8 Å². The zero-order chi connectivity index (χ0) is 21.1. The summed E-state index contributed by atoms with van der Waals surface area (Å²) in [7, 11) is 0. The summed E-state index contributed by atoms with van der Waals surface area (Å²) in [5.41, 5.74) is 2.91. The van der Waals surface area contributed by atoms with Gasteiger partial charge in [0.2, 0.25) is 6.79 Å². The molecule has 1 fully saturated rings. The highest BCUT2D eigenvalue weighted by Crippen LogP contribution is 2.33. The zero-order valence-corrected chi connectivity index (χ0v) is 17.3. The van der Waals surface area contributed by atoms with Crippen LogP contribution in [0.15, 0.2) is 36.4 Å². The van der Waals surface area contributed by atoms with Gasteiger partial charge in [0, 0.05) is 24.7 Å². The Balaban J connectivity index is 1.23. The van der Waals surface area contributed by atoms with Crippen LogP contribution in [0.5, 0.6) is 17.2 Å². The number of hydrogen-bond acceptors (Lipinski definition) is 5. The largest absolute Gasteiger partial charge is 0.484 e. The molecule has 0 unspecified atom stereocenters. The molecule has 2 amide bonds. The van der Waals surface area contributed by atoms with Crippen molar-refractivity contribution in [2.45, 2.75) is 32.7 Å². The highest BCUT2D eigenvalue weighted by molar-refractivity contribution is 5.95. The molecule has 4 rings (SSSR count). The number of piperidine rings is 1. The summed E-state index contributed by atoms with van der Waals surface area (Å²) in [5, 5.41) is 3.01. The molecule has 1 N–H and O–H groups in total. The van der Waals surface area contributed by atoms with Gasteiger partial charge < -0.3 is 24.4 Å². The van der Waals surface area contributed by atoms with Gasteiger partial charge in [-0.1, -0.05) is 6.07 Å². The van der Waals surface area contributed by atoms with E-state index in [0.29, 0.717) is 48.7 Å². The van der Waals surface area contributed by atoms with E-state index in [4.69, 9.17) is 14.2 Å². The molecule has 7 heteroatoms. The van der Waals surface area contributed by atoms with E-state index < -0.39 is 0 Å². The molecule has 0 aromatic heterocycles. The predicted octanol–water partition coefficient (Wildman–Crippen LogP) is 2.83. The summed E-state index contributed by atoms with van der Waals surface area (Å²) in [6.07, 6.45) is 1.43. The van der Waals surface area contributed by atoms with Crippen molar-refractivity contribution in [1.29, 1.82) is 0 Å². The first-order chi connectivity index (χ1) is 14.5. The average Bonchev–Trinajstić information content (AvgIpc) is 3.22. The first-order valence-electron chi connectivity index (χ1n) is 10.2. The molecule has 2 aromatic rings. The van der Waals surface area contributed by atoms with Gasteiger partial charge in [-0.3, -0.25) is 9.59 Å². The molecule has 158 valence electrons. The third-order valence-corrected chi connectivity index (χ3v) is 5.62. The van der Waals surface area contributed by atoms with Crippen LogP contribution in [-0.4, -0.2) is 49.2 Å². The number of carbonyl (C=O) groups excluding carboxylic acids is 2. The van der Waals surface area contributed by atoms with E-state index in [1.54, 1.807) is 18.2 Å². The van der Waals surface area contributed by atoms with E-state index in [-0.39, 0.29) is 31.3 Å². The summed E-state index contributed by atoms with van der Waals surface area (Å²) in [5.74, 6) is 1.78. The number of hydrogen-bond donors (Lipinski definition) is 1. The lowest BCUT2D eigenvalue weighted by atomic mass is 10.0. The first-order valence-corrected chi connectivity index (χ1v) is 10.2. The molecule has 0 atom stereocenters. The molecule has 0 aliphatic carbocycles. The van der Waals surface area contributed by atoms with Crippen LogP contribution in [0.2, 0.25) is 0 Å². The maximum Gasteiger partial charge on any atom is 0.258 e. The molecule has 2 heterocycles. The summed E-state index contributed by atoms with van der Waals surface area (Å²) in [6, 6.07) is 11.1. The second kappa shape index (κ2) is 8.65. The minimum atomic E-state index is -0.145. The number of nitrogens with zero attached hydrogens (tertiary/aromatic N) is 1. The highest BCUT2D eigenvalue weighted by Gasteiger charge is 2.26. The zero-order valence-electron chi connectivity index (χ0n) is 17.3. The van der Waals surface area contributed by atoms with Gasteiger partial charge in [0.25, 0.3) is 11.8 Å². The fourth-order valence-electron chi connectivity index (χ4n) is 3.66. The molecule has 7 nitrogen and oxygen atoms in total. The number of aryl methyl sites for hydroxylation is 2. The second-order valence-electron chi connectivity index (χ2n) is 7.74. The minimum Gasteiger partial charge on any atom is -0.484 e. The quantitative estimate of drug-likeness (QED) is 0.820. The monoisotopic (exact) mass is 410 g/mol. The number of likely N-dealkylation sites (tertiary alicyclic amines) is 1. The van der Waals surface area contributed by atoms with Crippen LogP contribution < -0.4 is 19.5 Å². The van der Waals surface area contributed by atoms with E-state index in [1.165, 1.54) is 5.56 Å². The molecular weight excluding hydrogens is 384 g/mol. The number of amides is 2. The third-order valence-electron chi connectivity index (χ3n) is 5.62. The molecule has 0 radical (unpaired) electrons. The summed E-state index contributed by atoms with van der Waals surface area (Å²) in [4.78, 5) is 26.8. The fourth-order valence-corrected chi connectivity index (χ4v) is 3.66. The molecule has 30 heavy (non-hydrogen) atoms. The van der Waals surface area contributed by atoms with Crippen molar-refractivity contribution in [2.75, 3.05) is 26.5 Å². The van der Waals surface area contributed by atoms with Crippen molar-refractivity contribution < 1.29 is 23.8 Å². The average molecular weight is 410 g/mol. The molecule has 2 aliphatic heterocycles. The minimum absolute atomic E-state index is 0.0150. The summed E-state index contributed by atoms with van der Waals surface area (Å²) in [6.45, 7) is 5.41. The van der Waals surface area contributed by atoms with Gasteiger partial charge in [0.15, 0.2) is 18.1 Å². The molecule has 0 bridgehead atoms. The van der Waals surface area contributed by atoms with Crippen molar-refractivity contribution in [1.82, 2.24) is 10.2 Å². The number of fused-ring (bicyclic) bond motifs is 1. The van der Waals surface area contributed by atoms with E-state index >= 15 is 0 Å². The Hall–Kier alpha value is -3.22. The van der Waals surface area contributed by atoms with Crippen molar-refractivity contribution >= 4 is 11.8 Å². The molecule has 2 aromatic carbocycles. The van der Waals surface area contributed by atoms with E-state index in [9.17, 15) is 9.59 Å². The Labute approximate surface area is 175 Å². The van der Waals surface area contributed by atoms with Gasteiger partial charge in [-0.25, -0.2) is 0 Å². The Bertz CT molecular complexity index is 951. The second-order valence-corrected chi connectivity index (χ2v) is 7.74. The third kappa shape index (κ3) is 4.50. The smallest absolute Gasteiger partial charge is 0.258 e. The van der Waals surface area contributed by atoms with Crippen molar-refractivity contribution in [3.63, 3.8) is 0 Å². The fraction of sp³-hybridized carbons (Fsp3) is 0.391. The number of ether oxygens (including phenoxy) is 3. The lowest BCUT2D eigenvalue weighted by Crippen LogP contribution is -2.47. The van der Waals surface area contributed by atoms with Crippen LogP contribution in [0.4, 0.5) is 0 Å². The SMILES string of the molecule is Cc1ccc(OCC(=O)NC2CCN(C(=O)c3ccc4c(c3)OCO4)CC2)cc1C. The number of rotatable bonds is 5. The Morgan fingerprint density at radius 3 is 2.57 bits per heavy atom. The number of benzene rings is 2. The van der Waals surface area contributed by atoms with Gasteiger partial charge in [0.1, 0.15) is 5.75 Å². The highest BCUT2D eigenvalue weighted by atomic mass is 16.7. The molecule has 2 aliphatic rings. The van der Waals surface area contributed by atoms with Crippen LogP contribution in [0.25, 0.3) is 0 Å². The van der Waals surface area contributed by atoms with Crippen molar-refractivity contribution in [3.05, 3.63) is 53.1 Å². The van der Waals surface area contributed by atoms with Gasteiger partial charge >= 0.3 is 0 Å². The van der Waals surface area contributed by atoms with E-state index in [2.05, 4.69) is 5.32 Å². The summed E-state index contributed by atoms with van der Waals surface area (Å²) < 4.78 is 16.2. The predicted molar refractivity (Wildman–Crippen MR) is 111 cm³/mol. The topological polar surface area (TPSA) is 77.1 Å². The van der Waals surface area contributed by atoms with Crippen molar-refractivity contribution in [3.8, 4) is 17.2 Å². The molecule has 0 spiro atoms. The van der Waals surface area contributed by atoms with E-state index in [1.807, 2.05) is 36.9 Å². The number of nitrogens with one attached hydrogen (secondary N) is 1. The van der Waals surface area contributed by atoms with Gasteiger partial charge in [-0.05, 0) is 68.1 Å². The maximum atomic E-state index is 12.8. The Kier molecular flexibility index (Phi) is 5.79. The van der Waals surface area contributed by atoms with E-state index in [0.717, 1.165) is 5.56 Å². The lowest BCUT2D eigenvalue weighted by Gasteiger charge is -2.32. The van der Waals surface area contributed by atoms with Crippen molar-refractivity contribution in [2.24, 2.45) is 0 Å². The number of carbonyl (C=O) groups is 2. The normalized spacial score (nSPS) is 15.7. The van der Waals surface area contributed by atoms with Gasteiger partial charge in [-0.15, -0.1) is 0 Å². The molecule has 0 saturated carbocycles. The van der Waals surface area contributed by atoms with Crippen LogP contribution in [0.1, 0.15) is 34.3 Å². The van der Waals surface area contributed by atoms with Gasteiger partial charge in [0.05, 0.1) is 0 Å². The molecule has 1 saturated heterocycles. The van der Waals surface area contributed by atoms with Crippen LogP contribution in [0.3, 0.4) is 0 Å². The Morgan fingerprint density at radius 2 is 1.80 bits per heavy atom. The Morgan fingerprint density at radius 1 is 1.03 bits per heavy atom. The van der Waals surface area contributed by atoms with Crippen LogP contribution >= 0.6 is 0 Å². The first kappa shape index (κ1) is 20.1. The standard InChI is InChI=1S/C23H26N2O5/c1-15-3-5-19(11-16(15)2)28-13-22(26)24-18-7-9-25(10-8-18)23(27)17-4-6-20-21(12-17)30-14-29-20/h3-6,11-12,18H,7-10,13-14H2,1-2H3,(H,24,26).